The van der Waals surface area contributed by atoms with Crippen LogP contribution in [0.15, 0.2) is 40.8 Å². The van der Waals surface area contributed by atoms with Crippen molar-refractivity contribution >= 4 is 17.5 Å². The third-order valence-electron chi connectivity index (χ3n) is 2.42. The molecule has 82 valence electrons. The van der Waals surface area contributed by atoms with Crippen LogP contribution in [0.4, 0.5) is 0 Å². The Hall–Kier alpha value is -2.17. The number of ether oxygens (including phenoxy) is 1. The Bertz CT molecular complexity index is 482. The Kier molecular flexibility index (Phi) is 2.44. The summed E-state index contributed by atoms with van der Waals surface area (Å²) in [6.45, 7) is 0. The molecule has 1 aliphatic heterocycles. The molecular weight excluding hydrogens is 210 g/mol. The summed E-state index contributed by atoms with van der Waals surface area (Å²) in [5, 5.41) is 8.96. The van der Waals surface area contributed by atoms with Crippen LogP contribution in [0, 0.1) is 5.92 Å². The van der Waals surface area contributed by atoms with Crippen LogP contribution >= 0.6 is 0 Å². The molecule has 0 aromatic heterocycles. The van der Waals surface area contributed by atoms with E-state index in [1.54, 1.807) is 0 Å². The van der Waals surface area contributed by atoms with Crippen molar-refractivity contribution in [1.82, 2.24) is 0 Å². The van der Waals surface area contributed by atoms with Crippen LogP contribution in [0.5, 0.6) is 0 Å². The fourth-order valence-corrected chi connectivity index (χ4v) is 1.63. The zero-order chi connectivity index (χ0) is 11.7. The minimum Gasteiger partial charge on any atom is -0.496 e. The Labute approximate surface area is 91.4 Å². The molecule has 0 spiro atoms. The average molecular weight is 219 g/mol. The number of hydrogen-bond acceptors (Lipinski definition) is 4. The van der Waals surface area contributed by atoms with E-state index < -0.39 is 11.9 Å². The topological polar surface area (TPSA) is 76.0 Å². The molecule has 0 amide bonds. The van der Waals surface area contributed by atoms with Gasteiger partial charge in [0.1, 0.15) is 5.76 Å². The Morgan fingerprint density at radius 1 is 1.56 bits per heavy atom. The predicted molar refractivity (Wildman–Crippen MR) is 55.9 cm³/mol. The average Bonchev–Trinajstić information content (AvgIpc) is 2.27. The molecule has 5 heteroatoms. The summed E-state index contributed by atoms with van der Waals surface area (Å²) in [5.41, 5.74) is 0.504. The molecule has 1 atom stereocenters. The lowest BCUT2D eigenvalue weighted by molar-refractivity contribution is -0.132. The van der Waals surface area contributed by atoms with E-state index in [-0.39, 0.29) is 17.1 Å². The van der Waals surface area contributed by atoms with Crippen LogP contribution in [0.25, 0.3) is 0 Å². The van der Waals surface area contributed by atoms with Crippen LogP contribution in [-0.4, -0.2) is 29.7 Å². The zero-order valence-electron chi connectivity index (χ0n) is 8.51. The van der Waals surface area contributed by atoms with E-state index in [0.29, 0.717) is 5.71 Å². The van der Waals surface area contributed by atoms with Crippen molar-refractivity contribution in [2.75, 3.05) is 7.11 Å². The van der Waals surface area contributed by atoms with E-state index in [2.05, 4.69) is 4.99 Å². The van der Waals surface area contributed by atoms with Gasteiger partial charge in [-0.2, -0.15) is 0 Å². The smallest absolute Gasteiger partial charge is 0.339 e. The molecule has 16 heavy (non-hydrogen) atoms. The van der Waals surface area contributed by atoms with Crippen LogP contribution in [0.2, 0.25) is 0 Å². The summed E-state index contributed by atoms with van der Waals surface area (Å²) in [4.78, 5) is 26.5. The van der Waals surface area contributed by atoms with Gasteiger partial charge >= 0.3 is 5.97 Å². The van der Waals surface area contributed by atoms with Gasteiger partial charge in [0.15, 0.2) is 5.78 Å². The number of aliphatic imine (C=N–C) groups is 1. The van der Waals surface area contributed by atoms with Gasteiger partial charge in [-0.25, -0.2) is 4.79 Å². The Balaban J connectivity index is 2.48. The highest BCUT2D eigenvalue weighted by molar-refractivity contribution is 6.19. The van der Waals surface area contributed by atoms with Crippen molar-refractivity contribution in [2.45, 2.75) is 0 Å². The van der Waals surface area contributed by atoms with Crippen molar-refractivity contribution in [1.29, 1.82) is 0 Å². The number of aliphatic carboxylic acids is 1. The van der Waals surface area contributed by atoms with Gasteiger partial charge in [-0.05, 0) is 6.08 Å². The molecule has 0 fully saturated rings. The molecule has 1 aliphatic carbocycles. The second-order valence-corrected chi connectivity index (χ2v) is 3.35. The van der Waals surface area contributed by atoms with Crippen LogP contribution in [-0.2, 0) is 14.3 Å². The first-order valence-electron chi connectivity index (χ1n) is 4.62. The molecule has 0 bridgehead atoms. The maximum Gasteiger partial charge on any atom is 0.339 e. The molecule has 0 aromatic carbocycles. The number of nitrogens with zero attached hydrogens (tertiary/aromatic N) is 1. The van der Waals surface area contributed by atoms with Gasteiger partial charge in [0.25, 0.3) is 0 Å². The van der Waals surface area contributed by atoms with Crippen LogP contribution < -0.4 is 0 Å². The summed E-state index contributed by atoms with van der Waals surface area (Å²) in [6.07, 6.45) is 5.58. The third-order valence-corrected chi connectivity index (χ3v) is 2.42. The number of fused-ring (bicyclic) bond motifs is 1. The molecule has 1 N–H and O–H groups in total. The molecule has 2 aliphatic rings. The van der Waals surface area contributed by atoms with E-state index in [0.717, 1.165) is 0 Å². The summed E-state index contributed by atoms with van der Waals surface area (Å²) < 4.78 is 4.95. The lowest BCUT2D eigenvalue weighted by Gasteiger charge is -2.20. The van der Waals surface area contributed by atoms with Gasteiger partial charge < -0.3 is 9.84 Å². The molecule has 0 radical (unpaired) electrons. The van der Waals surface area contributed by atoms with Gasteiger partial charge in [-0.3, -0.25) is 9.79 Å². The van der Waals surface area contributed by atoms with E-state index in [1.165, 1.54) is 31.5 Å². The Morgan fingerprint density at radius 2 is 2.31 bits per heavy atom. The van der Waals surface area contributed by atoms with E-state index in [4.69, 9.17) is 9.84 Å². The van der Waals surface area contributed by atoms with Gasteiger partial charge in [0.2, 0.25) is 0 Å². The lowest BCUT2D eigenvalue weighted by atomic mass is 9.88. The van der Waals surface area contributed by atoms with Crippen LogP contribution in [0.3, 0.4) is 0 Å². The first-order valence-corrected chi connectivity index (χ1v) is 4.62. The SMILES string of the molecule is COC1=CC2=NC=CC(=O)C2C=C1C(=O)O. The van der Waals surface area contributed by atoms with Crippen LogP contribution in [0.1, 0.15) is 0 Å². The molecule has 2 rings (SSSR count). The van der Waals surface area contributed by atoms with Gasteiger partial charge in [-0.1, -0.05) is 0 Å². The highest BCUT2D eigenvalue weighted by atomic mass is 16.5. The maximum absolute atomic E-state index is 11.5. The first kappa shape index (κ1) is 10.4. The maximum atomic E-state index is 11.5. The van der Waals surface area contributed by atoms with Crippen molar-refractivity contribution in [2.24, 2.45) is 10.9 Å². The van der Waals surface area contributed by atoms with E-state index in [1.807, 2.05) is 0 Å². The number of carbonyl (C=O) groups excluding carboxylic acids is 1. The zero-order valence-corrected chi connectivity index (χ0v) is 8.51. The Morgan fingerprint density at radius 3 is 2.94 bits per heavy atom. The van der Waals surface area contributed by atoms with Crippen molar-refractivity contribution in [3.8, 4) is 0 Å². The first-order chi connectivity index (χ1) is 7.63. The fourth-order valence-electron chi connectivity index (χ4n) is 1.63. The number of rotatable bonds is 2. The fraction of sp³-hybridized carbons (Fsp3) is 0.182. The van der Waals surface area contributed by atoms with Crippen molar-refractivity contribution in [3.63, 3.8) is 0 Å². The summed E-state index contributed by atoms with van der Waals surface area (Å²) in [5.74, 6) is -1.68. The van der Waals surface area contributed by atoms with Gasteiger partial charge in [0.05, 0.1) is 24.3 Å². The predicted octanol–water partition coefficient (Wildman–Crippen LogP) is 0.695. The molecule has 0 aromatic rings. The van der Waals surface area contributed by atoms with E-state index >= 15 is 0 Å². The number of allylic oxidation sites excluding steroid dienone is 3. The number of carbonyl (C=O) groups is 2. The summed E-state index contributed by atoms with van der Waals surface area (Å²) in [7, 11) is 1.38. The lowest BCUT2D eigenvalue weighted by Crippen LogP contribution is -2.27. The second-order valence-electron chi connectivity index (χ2n) is 3.35. The standard InChI is InChI=1S/C11H9NO4/c1-16-10-5-8-6(4-7(10)11(14)15)9(13)2-3-12-8/h2-6H,1H3,(H,14,15). The van der Waals surface area contributed by atoms with Gasteiger partial charge in [-0.15, -0.1) is 0 Å². The number of carboxylic acids is 1. The molecule has 5 nitrogen and oxygen atoms in total. The number of carboxylic acid groups (broad SMARTS) is 1. The minimum absolute atomic E-state index is 0.00454. The molecule has 1 heterocycles. The molecule has 1 unspecified atom stereocenters. The minimum atomic E-state index is -1.12. The van der Waals surface area contributed by atoms with Crippen molar-refractivity contribution in [3.05, 3.63) is 35.8 Å². The van der Waals surface area contributed by atoms with Gasteiger partial charge in [0, 0.05) is 18.4 Å². The monoisotopic (exact) mass is 219 g/mol. The number of methoxy groups -OCH3 is 1. The van der Waals surface area contributed by atoms with Crippen molar-refractivity contribution < 1.29 is 19.4 Å². The second kappa shape index (κ2) is 3.77. The number of hydrogen-bond donors (Lipinski definition) is 1. The molecule has 0 saturated heterocycles. The third kappa shape index (κ3) is 1.56. The summed E-state index contributed by atoms with van der Waals surface area (Å²) in [6, 6.07) is 0. The largest absolute Gasteiger partial charge is 0.496 e. The summed E-state index contributed by atoms with van der Waals surface area (Å²) >= 11 is 0. The number of ketones is 1. The molecule has 0 saturated carbocycles. The normalized spacial score (nSPS) is 22.9. The highest BCUT2D eigenvalue weighted by Gasteiger charge is 2.30. The molecular formula is C11H9NO4. The quantitative estimate of drug-likeness (QED) is 0.741. The van der Waals surface area contributed by atoms with E-state index in [9.17, 15) is 9.59 Å². The highest BCUT2D eigenvalue weighted by Crippen LogP contribution is 2.25.